The van der Waals surface area contributed by atoms with Gasteiger partial charge >= 0.3 is 0 Å². The lowest BCUT2D eigenvalue weighted by atomic mass is 9.79. The smallest absolute Gasteiger partial charge is 0.252 e. The van der Waals surface area contributed by atoms with Crippen LogP contribution in [0.3, 0.4) is 0 Å². The number of benzene rings is 2. The van der Waals surface area contributed by atoms with Gasteiger partial charge in [0.25, 0.3) is 5.91 Å². The van der Waals surface area contributed by atoms with Gasteiger partial charge in [0.2, 0.25) is 0 Å². The molecule has 0 saturated carbocycles. The first kappa shape index (κ1) is 20.0. The largest absolute Gasteiger partial charge is 0.389 e. The fourth-order valence-electron chi connectivity index (χ4n) is 3.12. The van der Waals surface area contributed by atoms with Crippen molar-refractivity contribution in [3.63, 3.8) is 0 Å². The van der Waals surface area contributed by atoms with Crippen molar-refractivity contribution in [2.75, 3.05) is 13.1 Å². The third-order valence-corrected chi connectivity index (χ3v) is 4.79. The van der Waals surface area contributed by atoms with Crippen LogP contribution in [0, 0.1) is 0 Å². The topological polar surface area (TPSA) is 61.4 Å². The molecule has 1 heterocycles. The van der Waals surface area contributed by atoms with Gasteiger partial charge in [-0.2, -0.15) is 0 Å². The maximum Gasteiger partial charge on any atom is 0.252 e. The highest BCUT2D eigenvalue weighted by atomic mass is 35.5. The van der Waals surface area contributed by atoms with E-state index in [1.807, 2.05) is 30.3 Å². The average Bonchev–Trinajstić information content (AvgIpc) is 2.57. The van der Waals surface area contributed by atoms with Gasteiger partial charge in [0, 0.05) is 22.2 Å². The summed E-state index contributed by atoms with van der Waals surface area (Å²) in [6.07, 6.45) is -0.162. The van der Waals surface area contributed by atoms with Crippen molar-refractivity contribution in [2.24, 2.45) is 0 Å². The van der Waals surface area contributed by atoms with Crippen LogP contribution >= 0.6 is 35.6 Å². The van der Waals surface area contributed by atoms with Gasteiger partial charge in [0.15, 0.2) is 0 Å². The number of aliphatic hydroxyl groups is 1. The minimum atomic E-state index is -0.849. The number of nitrogens with one attached hydrogen (secondary N) is 2. The lowest BCUT2D eigenvalue weighted by Gasteiger charge is -2.43. The number of aliphatic hydroxyl groups excluding tert-OH is 1. The third-order valence-electron chi connectivity index (χ3n) is 4.35. The van der Waals surface area contributed by atoms with E-state index in [4.69, 9.17) is 23.2 Å². The van der Waals surface area contributed by atoms with Crippen molar-refractivity contribution in [1.29, 1.82) is 0 Å². The Morgan fingerprint density at radius 3 is 2.40 bits per heavy atom. The normalized spacial score (nSPS) is 22.8. The summed E-state index contributed by atoms with van der Waals surface area (Å²) in [6, 6.07) is 14.2. The van der Waals surface area contributed by atoms with Gasteiger partial charge in [-0.3, -0.25) is 4.79 Å². The summed E-state index contributed by atoms with van der Waals surface area (Å²) in [5.41, 5.74) is 0.396. The molecule has 134 valence electrons. The summed E-state index contributed by atoms with van der Waals surface area (Å²) in [6.45, 7) is 1.11. The van der Waals surface area contributed by atoms with Crippen LogP contribution in [-0.4, -0.2) is 30.2 Å². The molecule has 0 spiro atoms. The highest BCUT2D eigenvalue weighted by Gasteiger charge is 2.42. The predicted octanol–water partition coefficient (Wildman–Crippen LogP) is 3.39. The summed E-state index contributed by atoms with van der Waals surface area (Å²) in [7, 11) is 0. The molecule has 4 nitrogen and oxygen atoms in total. The highest BCUT2D eigenvalue weighted by Crippen LogP contribution is 2.32. The van der Waals surface area contributed by atoms with Crippen LogP contribution in [0.5, 0.6) is 0 Å². The Morgan fingerprint density at radius 2 is 1.80 bits per heavy atom. The Hall–Kier alpha value is -1.30. The van der Waals surface area contributed by atoms with Crippen LogP contribution in [0.2, 0.25) is 10.0 Å². The molecule has 0 unspecified atom stereocenters. The van der Waals surface area contributed by atoms with Gasteiger partial charge in [-0.05, 0) is 36.7 Å². The lowest BCUT2D eigenvalue weighted by molar-refractivity contribution is 0.0290. The molecular formula is C18H19Cl3N2O2. The summed E-state index contributed by atoms with van der Waals surface area (Å²) in [5, 5.41) is 17.6. The average molecular weight is 402 g/mol. The fourth-order valence-corrected chi connectivity index (χ4v) is 3.64. The molecule has 0 aliphatic carbocycles. The molecule has 2 aromatic rings. The van der Waals surface area contributed by atoms with E-state index in [9.17, 15) is 9.90 Å². The van der Waals surface area contributed by atoms with Crippen LogP contribution in [0.4, 0.5) is 0 Å². The first-order valence-electron chi connectivity index (χ1n) is 7.74. The maximum atomic E-state index is 12.8. The quantitative estimate of drug-likeness (QED) is 0.739. The lowest BCUT2D eigenvalue weighted by Crippen LogP contribution is -2.61. The van der Waals surface area contributed by atoms with Crippen LogP contribution in [0.1, 0.15) is 22.3 Å². The van der Waals surface area contributed by atoms with Crippen molar-refractivity contribution in [2.45, 2.75) is 18.1 Å². The maximum absolute atomic E-state index is 12.8. The number of amides is 1. The minimum absolute atomic E-state index is 0. The van der Waals surface area contributed by atoms with Gasteiger partial charge in [0.05, 0.1) is 11.6 Å². The Bertz CT molecular complexity index is 722. The Kier molecular flexibility index (Phi) is 6.72. The van der Waals surface area contributed by atoms with Gasteiger partial charge in [-0.25, -0.2) is 0 Å². The molecule has 2 aromatic carbocycles. The van der Waals surface area contributed by atoms with Crippen molar-refractivity contribution in [3.05, 3.63) is 69.7 Å². The van der Waals surface area contributed by atoms with Crippen LogP contribution in [-0.2, 0) is 5.54 Å². The summed E-state index contributed by atoms with van der Waals surface area (Å²) in [4.78, 5) is 12.8. The van der Waals surface area contributed by atoms with E-state index in [2.05, 4.69) is 10.6 Å². The minimum Gasteiger partial charge on any atom is -0.389 e. The first-order chi connectivity index (χ1) is 11.5. The predicted molar refractivity (Wildman–Crippen MR) is 103 cm³/mol. The van der Waals surface area contributed by atoms with E-state index in [-0.39, 0.29) is 18.3 Å². The Balaban J connectivity index is 0.00000225. The highest BCUT2D eigenvalue weighted by molar-refractivity contribution is 6.35. The summed E-state index contributed by atoms with van der Waals surface area (Å²) < 4.78 is 0. The van der Waals surface area contributed by atoms with E-state index in [0.717, 1.165) is 5.56 Å². The summed E-state index contributed by atoms with van der Waals surface area (Å²) in [5.74, 6) is -0.316. The van der Waals surface area contributed by atoms with Crippen molar-refractivity contribution in [1.82, 2.24) is 10.6 Å². The molecule has 0 aromatic heterocycles. The molecule has 1 aliphatic rings. The molecule has 1 aliphatic heterocycles. The monoisotopic (exact) mass is 400 g/mol. The number of hydrogen-bond acceptors (Lipinski definition) is 3. The standard InChI is InChI=1S/C18H18Cl2N2O2.ClH/c19-14-8-12(9-15(20)10-14)17(24)22-18(6-7-21-11-16(18)23)13-4-2-1-3-5-13;/h1-5,8-10,16,21,23H,6-7,11H2,(H,22,24);1H/t16-,18+;/m1./s1. The Labute approximate surface area is 162 Å². The molecule has 3 rings (SSSR count). The zero-order valence-corrected chi connectivity index (χ0v) is 15.7. The van der Waals surface area contributed by atoms with E-state index in [0.29, 0.717) is 35.1 Å². The molecule has 3 N–H and O–H groups in total. The van der Waals surface area contributed by atoms with Crippen LogP contribution in [0.25, 0.3) is 0 Å². The first-order valence-corrected chi connectivity index (χ1v) is 8.50. The second-order valence-corrected chi connectivity index (χ2v) is 6.79. The second-order valence-electron chi connectivity index (χ2n) is 5.92. The molecule has 1 fully saturated rings. The number of hydrogen-bond donors (Lipinski definition) is 3. The third kappa shape index (κ3) is 4.27. The van der Waals surface area contributed by atoms with E-state index >= 15 is 0 Å². The molecule has 0 radical (unpaired) electrons. The number of piperidine rings is 1. The van der Waals surface area contributed by atoms with Gasteiger partial charge in [-0.1, -0.05) is 53.5 Å². The van der Waals surface area contributed by atoms with Crippen molar-refractivity contribution in [3.8, 4) is 0 Å². The zero-order valence-electron chi connectivity index (χ0n) is 13.3. The van der Waals surface area contributed by atoms with E-state index < -0.39 is 11.6 Å². The molecular weight excluding hydrogens is 383 g/mol. The molecule has 7 heteroatoms. The number of rotatable bonds is 3. The summed E-state index contributed by atoms with van der Waals surface area (Å²) >= 11 is 12.0. The molecule has 1 amide bonds. The molecule has 2 atom stereocenters. The number of carbonyl (C=O) groups is 1. The SMILES string of the molecule is Cl.O=C(N[C@]1(c2ccccc2)CCNC[C@H]1O)c1cc(Cl)cc(Cl)c1. The second kappa shape index (κ2) is 8.39. The zero-order chi connectivity index (χ0) is 17.2. The van der Waals surface area contributed by atoms with E-state index in [1.165, 1.54) is 0 Å². The Morgan fingerprint density at radius 1 is 1.16 bits per heavy atom. The number of carbonyl (C=O) groups excluding carboxylic acids is 1. The molecule has 1 saturated heterocycles. The van der Waals surface area contributed by atoms with Crippen LogP contribution in [0.15, 0.2) is 48.5 Å². The van der Waals surface area contributed by atoms with Gasteiger partial charge in [0.1, 0.15) is 0 Å². The van der Waals surface area contributed by atoms with Crippen LogP contribution < -0.4 is 10.6 Å². The van der Waals surface area contributed by atoms with Crippen molar-refractivity contribution >= 4 is 41.5 Å². The number of β-amino-alcohol motifs (C(OH)–C–C–N with tert-alkyl or cyclic N) is 1. The van der Waals surface area contributed by atoms with E-state index in [1.54, 1.807) is 18.2 Å². The van der Waals surface area contributed by atoms with Gasteiger partial charge in [-0.15, -0.1) is 12.4 Å². The van der Waals surface area contributed by atoms with Gasteiger partial charge < -0.3 is 15.7 Å². The van der Waals surface area contributed by atoms with Crippen molar-refractivity contribution < 1.29 is 9.90 Å². The fraction of sp³-hybridized carbons (Fsp3) is 0.278. The molecule has 25 heavy (non-hydrogen) atoms. The molecule has 0 bridgehead atoms. The number of halogens is 3.